The number of aliphatic hydroxyl groups is 3. The highest BCUT2D eigenvalue weighted by molar-refractivity contribution is 5.70. The predicted molar refractivity (Wildman–Crippen MR) is 274 cm³/mol. The second-order valence-corrected chi connectivity index (χ2v) is 27.8. The Labute approximate surface area is 467 Å². The zero-order chi connectivity index (χ0) is 55.1. The number of carboxylic acid groups (broad SMARTS) is 1. The molecule has 20 nitrogen and oxygen atoms in total. The van der Waals surface area contributed by atoms with Gasteiger partial charge in [-0.2, -0.15) is 0 Å². The summed E-state index contributed by atoms with van der Waals surface area (Å²) in [6, 6.07) is 0. The van der Waals surface area contributed by atoms with Crippen LogP contribution in [0, 0.1) is 35.5 Å². The molecule has 1 saturated carbocycles. The van der Waals surface area contributed by atoms with E-state index in [1.165, 1.54) is 0 Å². The first-order valence-electron chi connectivity index (χ1n) is 30.8. The molecule has 32 atom stereocenters. The summed E-state index contributed by atoms with van der Waals surface area (Å²) < 4.78 is 95.8. The van der Waals surface area contributed by atoms with E-state index < -0.39 is 108 Å². The summed E-state index contributed by atoms with van der Waals surface area (Å²) in [5.74, 6) is -6.70. The number of ether oxygens (including phenoxy) is 14. The van der Waals surface area contributed by atoms with Crippen LogP contribution in [-0.4, -0.2) is 190 Å². The molecule has 16 rings (SSSR count). The fourth-order valence-corrected chi connectivity index (χ4v) is 18.6. The van der Waals surface area contributed by atoms with Crippen molar-refractivity contribution in [1.29, 1.82) is 0 Å². The third-order valence-electron chi connectivity index (χ3n) is 22.5. The summed E-state index contributed by atoms with van der Waals surface area (Å²) in [6.07, 6.45) is -2.41. The van der Waals surface area contributed by atoms with Gasteiger partial charge >= 0.3 is 11.9 Å². The number of aliphatic carboxylic acids is 1. The Hall–Kier alpha value is -2.22. The highest BCUT2D eigenvalue weighted by Crippen LogP contribution is 2.60. The predicted octanol–water partition coefficient (Wildman–Crippen LogP) is 4.82. The van der Waals surface area contributed by atoms with E-state index in [2.05, 4.69) is 40.9 Å². The Morgan fingerprint density at radius 3 is 2.12 bits per heavy atom. The standard InChI is InChI=1S/C60H84O20/c1-25-13-32-7-9-37-26(2)14-34(67-37)11-12-59-56(65)60(66)55(80-59)54-53(79-60)52(78-59)51-38(71-54)10-8-33(69-51)17-47(64)73-50-30(6)49-43(70-42(50)19-39(68-32)29(25)5)20-41-44(72-49)23-58(75-41)24-45-48(77-58)28(4)22-57(76-45)21-27(3)35-15-31(16-46(62)63)36(61)18-40(35)74-57/h25,27-28,30-45,48-56,61,65-66H,2,5,7-24H2,1,3-4,6H3,(H,62,63)/t25-,27+,28+,30+,31-,32+,33-,34+,35+,36-,37+,38+,39-,40+,41-,42+,43+,44-,45+,48+,49+,50-,51+,52+,53+,54-,55?,56+,57-,58-,59-,60-/m1/s1. The Kier molecular flexibility index (Phi) is 13.4. The zero-order valence-corrected chi connectivity index (χ0v) is 46.6. The van der Waals surface area contributed by atoms with Gasteiger partial charge in [0.05, 0.1) is 104 Å². The van der Waals surface area contributed by atoms with Crippen LogP contribution < -0.4 is 0 Å². The summed E-state index contributed by atoms with van der Waals surface area (Å²) in [6.45, 7) is 17.7. The van der Waals surface area contributed by atoms with Gasteiger partial charge in [0.25, 0.3) is 0 Å². The van der Waals surface area contributed by atoms with Crippen LogP contribution in [-0.2, 0) is 75.9 Å². The molecule has 0 radical (unpaired) electrons. The second-order valence-electron chi connectivity index (χ2n) is 27.8. The summed E-state index contributed by atoms with van der Waals surface area (Å²) in [5, 5.41) is 44.4. The molecular formula is C60H84O20. The van der Waals surface area contributed by atoms with E-state index in [9.17, 15) is 30.0 Å². The van der Waals surface area contributed by atoms with E-state index in [4.69, 9.17) is 66.3 Å². The van der Waals surface area contributed by atoms with Crippen molar-refractivity contribution < 1.29 is 96.3 Å². The van der Waals surface area contributed by atoms with Crippen molar-refractivity contribution in [1.82, 2.24) is 0 Å². The average molecular weight is 1130 g/mol. The van der Waals surface area contributed by atoms with E-state index in [0.717, 1.165) is 24.0 Å². The highest BCUT2D eigenvalue weighted by Gasteiger charge is 2.79. The Balaban J connectivity index is 0.666. The molecule has 4 N–H and O–H groups in total. The van der Waals surface area contributed by atoms with E-state index in [1.54, 1.807) is 0 Å². The molecule has 0 aromatic heterocycles. The fraction of sp³-hybridized carbons (Fsp3) is 0.900. The first-order chi connectivity index (χ1) is 38.2. The highest BCUT2D eigenvalue weighted by atomic mass is 16.8. The van der Waals surface area contributed by atoms with Gasteiger partial charge in [-0.15, -0.1) is 0 Å². The molecule has 0 aromatic carbocycles. The third-order valence-corrected chi connectivity index (χ3v) is 22.5. The summed E-state index contributed by atoms with van der Waals surface area (Å²) in [4.78, 5) is 26.2. The van der Waals surface area contributed by atoms with Crippen molar-refractivity contribution in [2.75, 3.05) is 0 Å². The number of carbonyl (C=O) groups excluding carboxylic acids is 1. The molecule has 0 aromatic rings. The van der Waals surface area contributed by atoms with Crippen LogP contribution in [0.4, 0.5) is 0 Å². The van der Waals surface area contributed by atoms with E-state index in [-0.39, 0.29) is 116 Å². The van der Waals surface area contributed by atoms with Crippen LogP contribution >= 0.6 is 0 Å². The molecular weight excluding hydrogens is 1040 g/mol. The lowest BCUT2D eigenvalue weighted by molar-refractivity contribution is -0.356. The van der Waals surface area contributed by atoms with Crippen LogP contribution in [0.3, 0.4) is 0 Å². The fourth-order valence-electron chi connectivity index (χ4n) is 18.6. The minimum Gasteiger partial charge on any atom is -0.481 e. The monoisotopic (exact) mass is 1120 g/mol. The Morgan fingerprint density at radius 1 is 0.575 bits per heavy atom. The minimum absolute atomic E-state index is 0.0364. The molecule has 15 saturated heterocycles. The van der Waals surface area contributed by atoms with Crippen LogP contribution in [0.2, 0.25) is 0 Å². The molecule has 16 aliphatic rings. The summed E-state index contributed by atoms with van der Waals surface area (Å²) in [5.41, 5.74) is 2.00. The number of rotatable bonds is 2. The molecule has 12 bridgehead atoms. The van der Waals surface area contributed by atoms with Crippen molar-refractivity contribution in [3.63, 3.8) is 0 Å². The first kappa shape index (κ1) is 54.4. The van der Waals surface area contributed by atoms with Gasteiger partial charge in [-0.05, 0) is 92.1 Å². The Morgan fingerprint density at radius 2 is 1.29 bits per heavy atom. The number of hydrogen-bond acceptors (Lipinski definition) is 19. The van der Waals surface area contributed by atoms with Gasteiger partial charge in [0.15, 0.2) is 17.7 Å². The van der Waals surface area contributed by atoms with Gasteiger partial charge in [0.1, 0.15) is 36.6 Å². The third kappa shape index (κ3) is 8.85. The minimum atomic E-state index is -2.03. The largest absolute Gasteiger partial charge is 0.481 e. The molecule has 80 heavy (non-hydrogen) atoms. The molecule has 15 heterocycles. The number of esters is 1. The van der Waals surface area contributed by atoms with Crippen LogP contribution in [0.25, 0.3) is 0 Å². The lowest BCUT2D eigenvalue weighted by Crippen LogP contribution is -2.63. The normalized spacial score (nSPS) is 58.7. The number of carboxylic acids is 1. The lowest BCUT2D eigenvalue weighted by Gasteiger charge is -2.55. The average Bonchev–Trinajstić information content (AvgIpc) is 4.26. The van der Waals surface area contributed by atoms with Gasteiger partial charge < -0.3 is 86.7 Å². The van der Waals surface area contributed by atoms with Crippen molar-refractivity contribution in [2.45, 2.75) is 301 Å². The van der Waals surface area contributed by atoms with E-state index in [1.807, 2.05) is 0 Å². The quantitative estimate of drug-likeness (QED) is 0.214. The topological polar surface area (TPSA) is 244 Å². The smallest absolute Gasteiger partial charge is 0.308 e. The van der Waals surface area contributed by atoms with Crippen molar-refractivity contribution in [3.8, 4) is 0 Å². The van der Waals surface area contributed by atoms with Gasteiger partial charge in [0.2, 0.25) is 11.6 Å². The molecule has 16 fully saturated rings. The summed E-state index contributed by atoms with van der Waals surface area (Å²) >= 11 is 0. The second kappa shape index (κ2) is 19.7. The zero-order valence-electron chi connectivity index (χ0n) is 46.6. The van der Waals surface area contributed by atoms with Gasteiger partial charge in [-0.25, -0.2) is 0 Å². The van der Waals surface area contributed by atoms with Crippen LogP contribution in [0.1, 0.15) is 143 Å². The van der Waals surface area contributed by atoms with E-state index >= 15 is 0 Å². The molecule has 0 amide bonds. The summed E-state index contributed by atoms with van der Waals surface area (Å²) in [7, 11) is 0. The SMILES string of the molecule is C=C1C[C@@H]2CC[C@]34OC5[C@@H]6O[C@H]7CC[C@H](CC(=O)O[C@@H]8[C@@H](C)[C@@H]9O[C@@H]%10C[C@@]%11(C[C@@H]%12O[C@]%13(C[C@H](C)[C@@H]%14C[C@H](CC(=O)O)[C@H](O)C[C@@H]%14O%13)C[C@H](C)[C@@H]%12O%11)O[C@@H]%10C[C@@H]9O[C@H]8C[C@H]8O[C@@H](CC[C@@H]1O2)C[C@@H](C)C8=C)O[C@@H]7[C@H](O3)[C@@H]6O[C@@]5(O)[C@H]4O. The van der Waals surface area contributed by atoms with Gasteiger partial charge in [0, 0.05) is 57.3 Å². The molecule has 1 aliphatic carbocycles. The maximum atomic E-state index is 14.6. The lowest BCUT2D eigenvalue weighted by atomic mass is 9.67. The van der Waals surface area contributed by atoms with Crippen molar-refractivity contribution >= 4 is 11.9 Å². The number of fused-ring (bicyclic) bond motifs is 10. The molecule has 20 heteroatoms. The van der Waals surface area contributed by atoms with Crippen LogP contribution in [0.5, 0.6) is 0 Å². The van der Waals surface area contributed by atoms with E-state index in [0.29, 0.717) is 83.5 Å². The molecule has 15 aliphatic heterocycles. The Bertz CT molecular complexity index is 2460. The first-order valence-corrected chi connectivity index (χ1v) is 30.8. The van der Waals surface area contributed by atoms with Gasteiger partial charge in [-0.3, -0.25) is 9.59 Å². The number of aliphatic hydroxyl groups excluding tert-OH is 2. The van der Waals surface area contributed by atoms with Gasteiger partial charge in [-0.1, -0.05) is 40.9 Å². The van der Waals surface area contributed by atoms with Crippen molar-refractivity contribution in [3.05, 3.63) is 24.3 Å². The number of carbonyl (C=O) groups is 2. The molecule has 3 spiro atoms. The van der Waals surface area contributed by atoms with Crippen LogP contribution in [0.15, 0.2) is 24.3 Å². The maximum Gasteiger partial charge on any atom is 0.308 e. The molecule has 444 valence electrons. The van der Waals surface area contributed by atoms with Crippen molar-refractivity contribution in [2.24, 2.45) is 35.5 Å². The maximum absolute atomic E-state index is 14.6. The molecule has 1 unspecified atom stereocenters. The number of hydrogen-bond donors (Lipinski definition) is 4.